The number of nitrogens with zero attached hydrogens (tertiary/aromatic N) is 1. The molecule has 2 rings (SSSR count). The Balaban J connectivity index is 2.22. The van der Waals surface area contributed by atoms with Gasteiger partial charge in [-0.2, -0.15) is 0 Å². The third-order valence-electron chi connectivity index (χ3n) is 3.16. The maximum absolute atomic E-state index is 12.3. The number of benzene rings is 2. The van der Waals surface area contributed by atoms with Crippen LogP contribution in [0.4, 0.5) is 5.69 Å². The second-order valence-corrected chi connectivity index (χ2v) is 4.65. The summed E-state index contributed by atoms with van der Waals surface area (Å²) in [4.78, 5) is 14.0. The van der Waals surface area contributed by atoms with Crippen LogP contribution < -0.4 is 4.90 Å². The largest absolute Gasteiger partial charge is 0.311 e. The highest BCUT2D eigenvalue weighted by Gasteiger charge is 2.12. The molecule has 0 saturated carbocycles. The first kappa shape index (κ1) is 13.3. The van der Waals surface area contributed by atoms with Gasteiger partial charge in [0.15, 0.2) is 0 Å². The molecule has 0 aliphatic heterocycles. The Hall–Kier alpha value is -2.09. The number of hydrogen-bond acceptors (Lipinski definition) is 1. The monoisotopic (exact) mass is 253 g/mol. The number of aryl methyl sites for hydroxylation is 1. The predicted molar refractivity (Wildman–Crippen MR) is 79.6 cm³/mol. The van der Waals surface area contributed by atoms with Crippen molar-refractivity contribution in [2.75, 3.05) is 11.9 Å². The van der Waals surface area contributed by atoms with Gasteiger partial charge in [-0.1, -0.05) is 43.7 Å². The average Bonchev–Trinajstić information content (AvgIpc) is 2.47. The standard InChI is InChI=1S/C17H19NO/c1-3-8-14-9-7-12-16(13-14)18(2)17(19)15-10-5-4-6-11-15/h4-7,9-13H,3,8H2,1-2H3. The van der Waals surface area contributed by atoms with Crippen molar-refractivity contribution in [3.05, 3.63) is 65.7 Å². The lowest BCUT2D eigenvalue weighted by atomic mass is 10.1. The van der Waals surface area contributed by atoms with Crippen LogP contribution in [0.5, 0.6) is 0 Å². The molecule has 2 nitrogen and oxygen atoms in total. The smallest absolute Gasteiger partial charge is 0.258 e. The molecule has 0 unspecified atom stereocenters. The fraction of sp³-hybridized carbons (Fsp3) is 0.235. The lowest BCUT2D eigenvalue weighted by Crippen LogP contribution is -2.26. The fourth-order valence-corrected chi connectivity index (χ4v) is 2.10. The molecule has 2 aromatic rings. The summed E-state index contributed by atoms with van der Waals surface area (Å²) in [6, 6.07) is 17.5. The second kappa shape index (κ2) is 6.19. The van der Waals surface area contributed by atoms with E-state index in [1.54, 1.807) is 4.90 Å². The third-order valence-corrected chi connectivity index (χ3v) is 3.16. The van der Waals surface area contributed by atoms with Gasteiger partial charge in [0.25, 0.3) is 5.91 Å². The van der Waals surface area contributed by atoms with Crippen LogP contribution in [-0.4, -0.2) is 13.0 Å². The summed E-state index contributed by atoms with van der Waals surface area (Å²) < 4.78 is 0. The summed E-state index contributed by atoms with van der Waals surface area (Å²) in [6.45, 7) is 2.16. The molecule has 0 aliphatic rings. The van der Waals surface area contributed by atoms with Crippen molar-refractivity contribution in [2.45, 2.75) is 19.8 Å². The van der Waals surface area contributed by atoms with E-state index in [0.29, 0.717) is 5.56 Å². The van der Waals surface area contributed by atoms with Crippen molar-refractivity contribution in [3.63, 3.8) is 0 Å². The minimum Gasteiger partial charge on any atom is -0.311 e. The van der Waals surface area contributed by atoms with Crippen molar-refractivity contribution in [2.24, 2.45) is 0 Å². The minimum atomic E-state index is 0.0225. The topological polar surface area (TPSA) is 20.3 Å². The summed E-state index contributed by atoms with van der Waals surface area (Å²) in [5.74, 6) is 0.0225. The van der Waals surface area contributed by atoms with Crippen LogP contribution in [0.25, 0.3) is 0 Å². The summed E-state index contributed by atoms with van der Waals surface area (Å²) in [5, 5.41) is 0. The molecule has 98 valence electrons. The molecule has 0 aliphatic carbocycles. The molecule has 0 N–H and O–H groups in total. The van der Waals surface area contributed by atoms with Crippen molar-refractivity contribution < 1.29 is 4.79 Å². The van der Waals surface area contributed by atoms with Crippen LogP contribution in [0.2, 0.25) is 0 Å². The maximum Gasteiger partial charge on any atom is 0.258 e. The number of rotatable bonds is 4. The second-order valence-electron chi connectivity index (χ2n) is 4.65. The van der Waals surface area contributed by atoms with Gasteiger partial charge in [-0.3, -0.25) is 4.79 Å². The molecule has 2 aromatic carbocycles. The third kappa shape index (κ3) is 3.22. The fourth-order valence-electron chi connectivity index (χ4n) is 2.10. The van der Waals surface area contributed by atoms with E-state index in [0.717, 1.165) is 18.5 Å². The van der Waals surface area contributed by atoms with E-state index in [-0.39, 0.29) is 5.91 Å². The highest BCUT2D eigenvalue weighted by Crippen LogP contribution is 2.18. The Bertz CT molecular complexity index is 548. The normalized spacial score (nSPS) is 10.2. The molecule has 0 fully saturated rings. The Labute approximate surface area is 114 Å². The molecule has 0 radical (unpaired) electrons. The van der Waals surface area contributed by atoms with Gasteiger partial charge in [-0.25, -0.2) is 0 Å². The number of carbonyl (C=O) groups is 1. The Morgan fingerprint density at radius 1 is 1.05 bits per heavy atom. The van der Waals surface area contributed by atoms with Crippen LogP contribution >= 0.6 is 0 Å². The Kier molecular flexibility index (Phi) is 4.35. The van der Waals surface area contributed by atoms with Gasteiger partial charge in [0.1, 0.15) is 0 Å². The van der Waals surface area contributed by atoms with Crippen molar-refractivity contribution in [3.8, 4) is 0 Å². The van der Waals surface area contributed by atoms with E-state index in [9.17, 15) is 4.79 Å². The average molecular weight is 253 g/mol. The summed E-state index contributed by atoms with van der Waals surface area (Å²) in [6.07, 6.45) is 2.15. The first-order chi connectivity index (χ1) is 9.22. The molecule has 0 heterocycles. The van der Waals surface area contributed by atoms with Crippen LogP contribution in [0.3, 0.4) is 0 Å². The Morgan fingerprint density at radius 3 is 2.47 bits per heavy atom. The van der Waals surface area contributed by atoms with Gasteiger partial charge in [-0.15, -0.1) is 0 Å². The van der Waals surface area contributed by atoms with Crippen molar-refractivity contribution >= 4 is 11.6 Å². The quantitative estimate of drug-likeness (QED) is 0.808. The zero-order valence-electron chi connectivity index (χ0n) is 11.5. The van der Waals surface area contributed by atoms with Crippen LogP contribution in [0, 0.1) is 0 Å². The minimum absolute atomic E-state index is 0.0225. The van der Waals surface area contributed by atoms with Gasteiger partial charge in [0.2, 0.25) is 0 Å². The number of anilines is 1. The van der Waals surface area contributed by atoms with Crippen LogP contribution in [-0.2, 0) is 6.42 Å². The molecule has 1 amide bonds. The number of carbonyl (C=O) groups excluding carboxylic acids is 1. The van der Waals surface area contributed by atoms with E-state index >= 15 is 0 Å². The highest BCUT2D eigenvalue weighted by atomic mass is 16.2. The molecule has 0 saturated heterocycles. The van der Waals surface area contributed by atoms with Crippen molar-refractivity contribution in [1.82, 2.24) is 0 Å². The first-order valence-electron chi connectivity index (χ1n) is 6.64. The lowest BCUT2D eigenvalue weighted by Gasteiger charge is -2.18. The summed E-state index contributed by atoms with van der Waals surface area (Å²) in [7, 11) is 1.82. The van der Waals surface area contributed by atoms with E-state index in [4.69, 9.17) is 0 Å². The van der Waals surface area contributed by atoms with Gasteiger partial charge < -0.3 is 4.90 Å². The molecule has 19 heavy (non-hydrogen) atoms. The molecule has 0 atom stereocenters. The van der Waals surface area contributed by atoms with Gasteiger partial charge >= 0.3 is 0 Å². The summed E-state index contributed by atoms with van der Waals surface area (Å²) in [5.41, 5.74) is 2.93. The van der Waals surface area contributed by atoms with Gasteiger partial charge in [0.05, 0.1) is 0 Å². The number of hydrogen-bond donors (Lipinski definition) is 0. The molecular weight excluding hydrogens is 234 g/mol. The zero-order valence-corrected chi connectivity index (χ0v) is 11.5. The molecule has 0 bridgehead atoms. The lowest BCUT2D eigenvalue weighted by molar-refractivity contribution is 0.0993. The summed E-state index contributed by atoms with van der Waals surface area (Å²) >= 11 is 0. The van der Waals surface area contributed by atoms with E-state index in [1.807, 2.05) is 49.5 Å². The van der Waals surface area contributed by atoms with Crippen LogP contribution in [0.15, 0.2) is 54.6 Å². The van der Waals surface area contributed by atoms with E-state index < -0.39 is 0 Å². The van der Waals surface area contributed by atoms with E-state index in [1.165, 1.54) is 5.56 Å². The first-order valence-corrected chi connectivity index (χ1v) is 6.64. The molecular formula is C17H19NO. The molecule has 0 spiro atoms. The number of amides is 1. The zero-order chi connectivity index (χ0) is 13.7. The van der Waals surface area contributed by atoms with E-state index in [2.05, 4.69) is 19.1 Å². The maximum atomic E-state index is 12.3. The van der Waals surface area contributed by atoms with Crippen LogP contribution in [0.1, 0.15) is 29.3 Å². The Morgan fingerprint density at radius 2 is 1.79 bits per heavy atom. The van der Waals surface area contributed by atoms with Gasteiger partial charge in [-0.05, 0) is 36.2 Å². The predicted octanol–water partition coefficient (Wildman–Crippen LogP) is 3.92. The van der Waals surface area contributed by atoms with Crippen molar-refractivity contribution in [1.29, 1.82) is 0 Å². The SMILES string of the molecule is CCCc1cccc(N(C)C(=O)c2ccccc2)c1. The highest BCUT2D eigenvalue weighted by molar-refractivity contribution is 6.05. The molecule has 0 aromatic heterocycles. The van der Waals surface area contributed by atoms with Gasteiger partial charge in [0, 0.05) is 18.3 Å². The molecule has 2 heteroatoms.